The van der Waals surface area contributed by atoms with E-state index in [2.05, 4.69) is 78.1 Å². The van der Waals surface area contributed by atoms with Crippen LogP contribution in [0.15, 0.2) is 4.99 Å². The molecule has 26 nitrogen and oxygen atoms in total. The lowest BCUT2D eigenvalue weighted by Crippen LogP contribution is -2.61. The van der Waals surface area contributed by atoms with Crippen molar-refractivity contribution in [3.05, 3.63) is 0 Å². The Morgan fingerprint density at radius 2 is 0.885 bits per heavy atom. The third-order valence-corrected chi connectivity index (χ3v) is 13.1. The zero-order chi connectivity index (χ0) is 59.7. The Kier molecular flexibility index (Phi) is 37.1. The van der Waals surface area contributed by atoms with Crippen molar-refractivity contribution in [2.24, 2.45) is 57.3 Å². The predicted molar refractivity (Wildman–Crippen MR) is 305 cm³/mol. The summed E-state index contributed by atoms with van der Waals surface area (Å²) in [6, 6.07) is -10.8. The molecular weight excluding hydrogens is 1050 g/mol. The number of carboxylic acid groups (broad SMARTS) is 1. The lowest BCUT2D eigenvalue weighted by atomic mass is 9.96. The number of hydrogen-bond donors (Lipinski definition) is 17. The summed E-state index contributed by atoms with van der Waals surface area (Å²) >= 11 is 8.53. The number of carbonyl (C=O) groups is 10. The van der Waals surface area contributed by atoms with Gasteiger partial charge in [-0.2, -0.15) is 25.3 Å². The van der Waals surface area contributed by atoms with E-state index in [0.29, 0.717) is 51.6 Å². The fourth-order valence-corrected chi connectivity index (χ4v) is 8.30. The van der Waals surface area contributed by atoms with Crippen LogP contribution in [0.3, 0.4) is 0 Å². The van der Waals surface area contributed by atoms with E-state index in [0.717, 1.165) is 0 Å². The van der Waals surface area contributed by atoms with Crippen molar-refractivity contribution in [2.75, 3.05) is 37.7 Å². The van der Waals surface area contributed by atoms with Crippen LogP contribution in [0.25, 0.3) is 0 Å². The van der Waals surface area contributed by atoms with Crippen LogP contribution in [-0.4, -0.2) is 162 Å². The average molecular weight is 1150 g/mol. The molecule has 0 saturated carbocycles. The Morgan fingerprint density at radius 3 is 1.35 bits per heavy atom. The number of guanidine groups is 1. The number of rotatable bonds is 41. The van der Waals surface area contributed by atoms with E-state index in [9.17, 15) is 53.1 Å². The van der Waals surface area contributed by atoms with Gasteiger partial charge in [0.25, 0.3) is 0 Å². The molecule has 10 atom stereocenters. The highest BCUT2D eigenvalue weighted by Gasteiger charge is 2.36. The van der Waals surface area contributed by atoms with Crippen molar-refractivity contribution in [2.45, 2.75) is 187 Å². The molecule has 0 aliphatic rings. The number of aliphatic carboxylic acids is 1. The molecule has 20 N–H and O–H groups in total. The minimum Gasteiger partial charge on any atom is -0.480 e. The number of aliphatic imine (C=N–C) groups is 1. The van der Waals surface area contributed by atoms with Crippen LogP contribution < -0.4 is 76.5 Å². The van der Waals surface area contributed by atoms with Gasteiger partial charge in [-0.25, -0.2) is 4.79 Å². The Balaban J connectivity index is 6.39. The van der Waals surface area contributed by atoms with E-state index < -0.39 is 126 Å². The number of nitrogens with one attached hydrogen (secondary N) is 9. The molecule has 0 heterocycles. The smallest absolute Gasteiger partial charge is 0.326 e. The van der Waals surface area contributed by atoms with Crippen molar-refractivity contribution in [3.63, 3.8) is 0 Å². The molecule has 0 saturated heterocycles. The van der Waals surface area contributed by atoms with Crippen molar-refractivity contribution >= 4 is 90.4 Å². The molecule has 0 bridgehead atoms. The number of hydrogen-bond acceptors (Lipinski definition) is 16. The van der Waals surface area contributed by atoms with Crippen molar-refractivity contribution < 1.29 is 53.1 Å². The summed E-state index contributed by atoms with van der Waals surface area (Å²) in [4.78, 5) is 138. The van der Waals surface area contributed by atoms with E-state index in [-0.39, 0.29) is 80.3 Å². The van der Waals surface area contributed by atoms with Crippen LogP contribution in [0.5, 0.6) is 0 Å². The number of nitrogens with zero attached hydrogens (tertiary/aromatic N) is 1. The van der Waals surface area contributed by atoms with Gasteiger partial charge in [0.2, 0.25) is 53.2 Å². The van der Waals surface area contributed by atoms with Gasteiger partial charge in [0.05, 0.1) is 12.6 Å². The highest BCUT2D eigenvalue weighted by atomic mass is 32.1. The highest BCUT2D eigenvalue weighted by molar-refractivity contribution is 7.80. The minimum atomic E-state index is -1.35. The van der Waals surface area contributed by atoms with E-state index >= 15 is 0 Å². The highest BCUT2D eigenvalue weighted by Crippen LogP contribution is 2.14. The number of unbranched alkanes of at least 4 members (excludes halogenated alkanes) is 2. The quantitative estimate of drug-likeness (QED) is 0.0133. The Morgan fingerprint density at radius 1 is 0.487 bits per heavy atom. The zero-order valence-corrected chi connectivity index (χ0v) is 48.8. The van der Waals surface area contributed by atoms with E-state index in [1.165, 1.54) is 0 Å². The van der Waals surface area contributed by atoms with Crippen LogP contribution in [0.4, 0.5) is 0 Å². The van der Waals surface area contributed by atoms with E-state index in [4.69, 9.17) is 28.7 Å². The van der Waals surface area contributed by atoms with E-state index in [1.54, 1.807) is 41.5 Å². The third kappa shape index (κ3) is 30.1. The van der Waals surface area contributed by atoms with Crippen molar-refractivity contribution in [1.82, 2.24) is 47.9 Å². The Bertz CT molecular complexity index is 1950. The van der Waals surface area contributed by atoms with Crippen LogP contribution in [0, 0.1) is 23.7 Å². The normalized spacial score (nSPS) is 15.1. The molecule has 0 radical (unpaired) electrons. The van der Waals surface area contributed by atoms with Gasteiger partial charge in [-0.15, -0.1) is 0 Å². The van der Waals surface area contributed by atoms with Gasteiger partial charge in [0, 0.05) is 18.1 Å². The topological polar surface area (TPSA) is 442 Å². The van der Waals surface area contributed by atoms with Crippen LogP contribution >= 0.6 is 25.3 Å². The maximum atomic E-state index is 14.3. The summed E-state index contributed by atoms with van der Waals surface area (Å²) in [6.45, 7) is 14.6. The predicted octanol–water partition coefficient (Wildman–Crippen LogP) is -2.25. The summed E-state index contributed by atoms with van der Waals surface area (Å²) < 4.78 is 0. The molecule has 78 heavy (non-hydrogen) atoms. The molecule has 0 aliphatic carbocycles. The largest absolute Gasteiger partial charge is 0.480 e. The van der Waals surface area contributed by atoms with Crippen molar-refractivity contribution in [3.8, 4) is 0 Å². The molecule has 0 aromatic rings. The van der Waals surface area contributed by atoms with Gasteiger partial charge in [-0.3, -0.25) is 48.1 Å². The molecule has 9 amide bonds. The summed E-state index contributed by atoms with van der Waals surface area (Å²) in [5, 5.41) is 33.0. The maximum Gasteiger partial charge on any atom is 0.326 e. The SMILES string of the molecule is CC[C@H](C)[C@H](NC(=O)[C@H](CCCCN)NC(=O)[C@H](CCCN=C(N)N)NC(=O)[C@@H](N)CCCCN)C(=O)N[C@@H](CC(C)C)C(=O)N[C@@H](CS)C(=O)N[C@@H](CS)C(=O)N[C@@H](CC(C)C)C(=O)NCC(=O)N[C@@H](CC(C)C)C(=O)O. The number of nitrogens with two attached hydrogens (primary N) is 5. The lowest BCUT2D eigenvalue weighted by Gasteiger charge is -2.30. The number of amides is 9. The van der Waals surface area contributed by atoms with Crippen molar-refractivity contribution in [1.29, 1.82) is 0 Å². The molecule has 448 valence electrons. The number of carbonyl (C=O) groups excluding carboxylic acids is 9. The number of carboxylic acids is 1. The van der Waals surface area contributed by atoms with Crippen LogP contribution in [0.2, 0.25) is 0 Å². The number of thiol groups is 2. The molecular formula is C50H95N15O11S2. The third-order valence-electron chi connectivity index (χ3n) is 12.3. The first kappa shape index (κ1) is 72.5. The van der Waals surface area contributed by atoms with Gasteiger partial charge in [-0.05, 0) is 101 Å². The summed E-state index contributed by atoms with van der Waals surface area (Å²) in [6.07, 6.45) is 3.74. The molecule has 28 heteroatoms. The second-order valence-electron chi connectivity index (χ2n) is 20.8. The molecule has 0 aliphatic heterocycles. The molecule has 0 spiro atoms. The zero-order valence-electron chi connectivity index (χ0n) is 47.0. The summed E-state index contributed by atoms with van der Waals surface area (Å²) in [7, 11) is 0. The first-order valence-electron chi connectivity index (χ1n) is 27.0. The van der Waals surface area contributed by atoms with Gasteiger partial charge < -0.3 is 81.6 Å². The van der Waals surface area contributed by atoms with Gasteiger partial charge in [0.1, 0.15) is 48.3 Å². The standard InChI is InChI=1S/C50H95N15O11S2/c1-9-30(8)40(65-44(70)32(16-11-13-19-52)60-43(69)33(17-14-20-56-50(54)55)59-41(67)31(53)15-10-12-18-51)48(74)62-35(22-28(4)5)45(71)63-38(26-78)47(73)64-37(25-77)46(72)61-34(21-27(2)3)42(68)57-24-39(66)58-36(49(75)76)23-29(6)7/h27-38,40,77-78H,9-26,51-53H2,1-8H3,(H,57,68)(H,58,66)(H,59,67)(H,60,69)(H,61,72)(H,62,74)(H,63,71)(H,64,73)(H,65,70)(H,75,76)(H4,54,55,56)/t30-,31-,32-,33-,34-,35-,36-,37-,38-,40-/m0/s1. The maximum absolute atomic E-state index is 14.3. The van der Waals surface area contributed by atoms with Crippen LogP contribution in [-0.2, 0) is 47.9 Å². The van der Waals surface area contributed by atoms with Gasteiger partial charge in [-0.1, -0.05) is 68.2 Å². The average Bonchev–Trinajstić information content (AvgIpc) is 3.36. The molecule has 0 rings (SSSR count). The second-order valence-corrected chi connectivity index (χ2v) is 21.5. The molecule has 0 unspecified atom stereocenters. The fraction of sp³-hybridized carbons (Fsp3) is 0.780. The first-order valence-corrected chi connectivity index (χ1v) is 28.3. The summed E-state index contributed by atoms with van der Waals surface area (Å²) in [5.41, 5.74) is 28.4. The Hall–Kier alpha value is -5.45. The lowest BCUT2D eigenvalue weighted by molar-refractivity contribution is -0.142. The first-order chi connectivity index (χ1) is 36.6. The molecule has 0 aromatic heterocycles. The van der Waals surface area contributed by atoms with Crippen LogP contribution in [0.1, 0.15) is 132 Å². The van der Waals surface area contributed by atoms with Gasteiger partial charge in [0.15, 0.2) is 5.96 Å². The second kappa shape index (κ2) is 39.8. The monoisotopic (exact) mass is 1150 g/mol. The fourth-order valence-electron chi connectivity index (χ4n) is 7.78. The van der Waals surface area contributed by atoms with E-state index in [1.807, 2.05) is 13.8 Å². The van der Waals surface area contributed by atoms with Gasteiger partial charge >= 0.3 is 5.97 Å². The molecule has 0 aromatic carbocycles. The summed E-state index contributed by atoms with van der Waals surface area (Å²) in [5.74, 6) is -9.32. The minimum absolute atomic E-state index is 0.0342. The molecule has 0 fully saturated rings. The Labute approximate surface area is 471 Å².